The van der Waals surface area contributed by atoms with E-state index < -0.39 is 174 Å². The number of benzene rings is 12. The summed E-state index contributed by atoms with van der Waals surface area (Å²) in [6, 6.07) is 57.7. The van der Waals surface area contributed by atoms with Crippen molar-refractivity contribution in [2.24, 2.45) is 0 Å². The van der Waals surface area contributed by atoms with E-state index in [9.17, 15) is 99.5 Å². The number of hydrogen-bond donors (Lipinski definition) is 0. The second-order valence-corrected chi connectivity index (χ2v) is 39.4. The lowest BCUT2D eigenvalue weighted by Crippen LogP contribution is -3.00. The zero-order chi connectivity index (χ0) is 79.8. The first kappa shape index (κ1) is 89.6. The van der Waals surface area contributed by atoms with E-state index in [1.807, 2.05) is 60.7 Å². The van der Waals surface area contributed by atoms with Gasteiger partial charge < -0.3 is 24.8 Å². The Hall–Kier alpha value is -8.63. The van der Waals surface area contributed by atoms with Gasteiger partial charge in [-0.3, -0.25) is 0 Å². The molecule has 0 fully saturated rings. The van der Waals surface area contributed by atoms with Crippen molar-refractivity contribution in [3.05, 3.63) is 336 Å². The van der Waals surface area contributed by atoms with Gasteiger partial charge in [0.05, 0.1) is 37.1 Å². The number of alkyl halides is 3. The normalized spacial score (nSPS) is 11.7. The molecule has 111 heavy (non-hydrogen) atoms. The molecule has 0 bridgehead atoms. The highest BCUT2D eigenvalue weighted by Crippen LogP contribution is 2.42. The molecule has 12 rings (SSSR count). The van der Waals surface area contributed by atoms with E-state index in [1.54, 1.807) is 55.5 Å². The summed E-state index contributed by atoms with van der Waals surface area (Å²) in [6.45, 7) is 1.54. The van der Waals surface area contributed by atoms with E-state index in [-0.39, 0.29) is 59.1 Å². The summed E-state index contributed by atoms with van der Waals surface area (Å²) in [5.41, 5.74) is -0.450. The van der Waals surface area contributed by atoms with Crippen LogP contribution in [-0.4, -0.2) is 58.7 Å². The molecule has 0 spiro atoms. The molecule has 33 heteroatoms. The number of hydrogen-bond acceptors (Lipinski definition) is 8. The molecule has 12 aromatic rings. The topological polar surface area (TPSA) is 137 Å². The van der Waals surface area contributed by atoms with Gasteiger partial charge in [0.1, 0.15) is 78.1 Å². The number of aryl methyl sites for hydroxylation is 1. The van der Waals surface area contributed by atoms with Crippen molar-refractivity contribution in [1.29, 1.82) is 0 Å². The van der Waals surface area contributed by atoms with Gasteiger partial charge in [0, 0.05) is 116 Å². The Labute approximate surface area is 654 Å². The van der Waals surface area contributed by atoms with Gasteiger partial charge in [-0.25, -0.2) is 86.4 Å². The van der Waals surface area contributed by atoms with Crippen molar-refractivity contribution in [1.82, 2.24) is 0 Å². The molecule has 12 aromatic carbocycles. The third-order valence-corrected chi connectivity index (χ3v) is 28.5. The second kappa shape index (κ2) is 37.3. The van der Waals surface area contributed by atoms with Gasteiger partial charge in [-0.2, -0.15) is 13.2 Å². The average Bonchev–Trinajstić information content (AvgIpc) is 0.778. The number of rotatable bonds is 16. The molecular weight excluding hydrogens is 1680 g/mol. The van der Waals surface area contributed by atoms with Crippen LogP contribution in [0.2, 0.25) is 0 Å². The van der Waals surface area contributed by atoms with Crippen molar-refractivity contribution in [3.8, 4) is 0 Å². The maximum Gasteiger partial charge on any atom is 0.416 e. The maximum atomic E-state index is 14.5. The minimum absolute atomic E-state index is 0. The highest BCUT2D eigenvalue weighted by molar-refractivity contribution is 7.98. The van der Waals surface area contributed by atoms with Crippen LogP contribution in [0.5, 0.6) is 0 Å². The first-order chi connectivity index (χ1) is 51.1. The van der Waals surface area contributed by atoms with Gasteiger partial charge in [-0.1, -0.05) is 66.7 Å². The highest BCUT2D eigenvalue weighted by atomic mass is 35.5. The van der Waals surface area contributed by atoms with Gasteiger partial charge in [-0.15, -0.1) is 0 Å². The van der Waals surface area contributed by atoms with Crippen LogP contribution in [0.4, 0.5) is 65.9 Å². The molecule has 0 atom stereocenters. The van der Waals surface area contributed by atoms with Crippen LogP contribution in [0.3, 0.4) is 0 Å². The fraction of sp³-hybridized carbons (Fsp3) is 0.0769. The molecule has 0 amide bonds. The van der Waals surface area contributed by atoms with Crippen molar-refractivity contribution in [2.75, 3.05) is 25.0 Å². The minimum atomic E-state index is -4.57. The Balaban J connectivity index is 0.000000207. The maximum absolute atomic E-state index is 14.5. The monoisotopic (exact) mass is 1730 g/mol. The van der Waals surface area contributed by atoms with E-state index in [4.69, 9.17) is 0 Å². The summed E-state index contributed by atoms with van der Waals surface area (Å²) in [4.78, 5) is 1.22. The molecule has 0 aromatic heterocycles. The third-order valence-electron chi connectivity index (χ3n) is 15.1. The molecular formula is C78H57Cl2F15O8S8+2. The summed E-state index contributed by atoms with van der Waals surface area (Å²) in [5, 5.41) is 0. The van der Waals surface area contributed by atoms with Crippen molar-refractivity contribution in [3.63, 3.8) is 0 Å². The standard InChI is InChI=1S/C22H20F3O4S3.C20H15F4O4S3.C18H9F6S.C18H13F2S.2ClH/c1-15-10-16(22(23,24)25)12-19(11-15)30(17-6-4-8-20(13-17)31(2,26)27)18-7-5-9-21(14-18)32(3,28)29;1-30(25,26)19-15(21)8-13(9-16(19)22)29(12-6-4-3-5-7-12)14-10-17(23)20(18(24)11-14)31(2,27)28;19-10-1-4-16(13(22)7-10)25(17-5-2-11(20)8-14(17)23)18-6-3-12(21)9-15(18)24;19-14-11-12-18(17(20)13-14)21(15-7-3-1-4-8-15)16-9-5-2-6-10-16;;/h4-14H,1-3H3;3-11H,1-2H3;1-9H;1-13H;2*1H/q4*+1;;/p-2. The third kappa shape index (κ3) is 22.8. The fourth-order valence-corrected chi connectivity index (χ4v) is 22.2. The molecule has 0 aliphatic rings. The molecule has 0 saturated carbocycles. The SMILES string of the molecule is CS(=O)(=O)c1c(F)cc([S+](c2ccccc2)c2cc(F)c(S(C)(=O)=O)c(F)c2)cc1F.Cc1cc([S+](c2cccc(S(C)(=O)=O)c2)c2cccc(S(C)(=O)=O)c2)cc(C(F)(F)F)c1.Fc1ccc([S+](c2ccc(F)cc2F)c2ccc(F)cc2F)c(F)c1.Fc1ccc([S+](c2ccccc2)c2ccccc2)c(F)c1.[Cl-].[Cl-]. The van der Waals surface area contributed by atoms with Crippen molar-refractivity contribution in [2.45, 2.75) is 91.4 Å². The predicted molar refractivity (Wildman–Crippen MR) is 388 cm³/mol. The average molecular weight is 1730 g/mol. The largest absolute Gasteiger partial charge is 1.00 e. The van der Waals surface area contributed by atoms with E-state index >= 15 is 0 Å². The van der Waals surface area contributed by atoms with E-state index in [0.717, 1.165) is 101 Å². The van der Waals surface area contributed by atoms with Crippen LogP contribution in [0.15, 0.2) is 333 Å². The van der Waals surface area contributed by atoms with Gasteiger partial charge in [0.2, 0.25) is 19.6 Å². The van der Waals surface area contributed by atoms with Crippen LogP contribution in [0.1, 0.15) is 11.1 Å². The lowest BCUT2D eigenvalue weighted by molar-refractivity contribution is -0.137. The molecule has 0 unspecified atom stereocenters. The molecule has 0 aliphatic carbocycles. The number of sulfone groups is 4. The Bertz CT molecular complexity index is 5480. The van der Waals surface area contributed by atoms with E-state index in [2.05, 4.69) is 0 Å². The van der Waals surface area contributed by atoms with E-state index in [0.29, 0.717) is 60.8 Å². The van der Waals surface area contributed by atoms with Crippen molar-refractivity contribution >= 4 is 82.9 Å². The molecule has 0 aliphatic heterocycles. The Morgan fingerprint density at radius 2 is 0.523 bits per heavy atom. The quantitative estimate of drug-likeness (QED) is 0.0689. The lowest BCUT2D eigenvalue weighted by Gasteiger charge is -2.13. The minimum Gasteiger partial charge on any atom is -1.00 e. The van der Waals surface area contributed by atoms with Crippen LogP contribution < -0.4 is 24.8 Å². The Morgan fingerprint density at radius 3 is 0.802 bits per heavy atom. The molecule has 0 saturated heterocycles. The Kier molecular flexibility index (Phi) is 30.1. The van der Waals surface area contributed by atoms with Crippen molar-refractivity contribution < 1.29 is 124 Å². The molecule has 8 nitrogen and oxygen atoms in total. The molecule has 0 radical (unpaired) electrons. The molecule has 0 N–H and O–H groups in total. The second-order valence-electron chi connectivity index (χ2n) is 23.5. The summed E-state index contributed by atoms with van der Waals surface area (Å²) in [5.74, 6) is -12.1. The zero-order valence-corrected chi connectivity index (χ0v) is 65.7. The van der Waals surface area contributed by atoms with Gasteiger partial charge in [0.15, 0.2) is 102 Å². The summed E-state index contributed by atoms with van der Waals surface area (Å²) in [6.07, 6.45) is -1.18. The fourth-order valence-electron chi connectivity index (χ4n) is 10.5. The Morgan fingerprint density at radius 1 is 0.252 bits per heavy atom. The smallest absolute Gasteiger partial charge is 0.416 e. The summed E-state index contributed by atoms with van der Waals surface area (Å²) >= 11 is 0. The van der Waals surface area contributed by atoms with Gasteiger partial charge >= 0.3 is 6.18 Å². The number of halogens is 17. The highest BCUT2D eigenvalue weighted by Gasteiger charge is 2.41. The van der Waals surface area contributed by atoms with E-state index in [1.165, 1.54) is 48.5 Å². The van der Waals surface area contributed by atoms with Gasteiger partial charge in [-0.05, 0) is 110 Å². The van der Waals surface area contributed by atoms with Crippen LogP contribution in [0, 0.1) is 76.7 Å². The molecule has 0 heterocycles. The summed E-state index contributed by atoms with van der Waals surface area (Å²) < 4.78 is 304. The van der Waals surface area contributed by atoms with Crippen LogP contribution in [0.25, 0.3) is 0 Å². The first-order valence-electron chi connectivity index (χ1n) is 31.2. The zero-order valence-electron chi connectivity index (χ0n) is 57.7. The first-order valence-corrected chi connectivity index (χ1v) is 43.7. The van der Waals surface area contributed by atoms with Crippen LogP contribution in [-0.2, 0) is 89.1 Å². The lowest BCUT2D eigenvalue weighted by atomic mass is 10.1. The van der Waals surface area contributed by atoms with Gasteiger partial charge in [0.25, 0.3) is 0 Å². The van der Waals surface area contributed by atoms with Crippen LogP contribution >= 0.6 is 0 Å². The molecule has 582 valence electrons. The summed E-state index contributed by atoms with van der Waals surface area (Å²) in [7, 11) is -20.5. The predicted octanol–water partition coefficient (Wildman–Crippen LogP) is 13.7.